The highest BCUT2D eigenvalue weighted by atomic mass is 16.3. The number of hydrogen-bond acceptors (Lipinski definition) is 2. The summed E-state index contributed by atoms with van der Waals surface area (Å²) < 4.78 is 6.15. The second-order valence-corrected chi connectivity index (χ2v) is 5.48. The van der Waals surface area contributed by atoms with E-state index in [4.69, 9.17) is 4.42 Å². The maximum absolute atomic E-state index is 12.7. The Morgan fingerprint density at radius 2 is 1.82 bits per heavy atom. The zero-order chi connectivity index (χ0) is 15.7. The fourth-order valence-electron chi connectivity index (χ4n) is 2.70. The maximum Gasteiger partial charge on any atom is 0.196 e. The summed E-state index contributed by atoms with van der Waals surface area (Å²) in [7, 11) is 0. The first-order valence-electron chi connectivity index (χ1n) is 7.38. The van der Waals surface area contributed by atoms with Crippen LogP contribution in [0.15, 0.2) is 57.8 Å². The van der Waals surface area contributed by atoms with Crippen molar-refractivity contribution in [3.8, 4) is 11.3 Å². The second kappa shape index (κ2) is 5.64. The number of para-hydroxylation sites is 1. The van der Waals surface area contributed by atoms with Crippen LogP contribution < -0.4 is 5.43 Å². The van der Waals surface area contributed by atoms with Crippen LogP contribution in [0.25, 0.3) is 28.4 Å². The van der Waals surface area contributed by atoms with Crippen molar-refractivity contribution in [2.24, 2.45) is 0 Å². The monoisotopic (exact) mass is 290 g/mol. The van der Waals surface area contributed by atoms with Crippen LogP contribution in [0.2, 0.25) is 0 Å². The van der Waals surface area contributed by atoms with E-state index in [-0.39, 0.29) is 5.43 Å². The van der Waals surface area contributed by atoms with Gasteiger partial charge in [-0.1, -0.05) is 48.0 Å². The lowest BCUT2D eigenvalue weighted by Gasteiger charge is -2.09. The molecular weight excluding hydrogens is 272 g/mol. The lowest BCUT2D eigenvalue weighted by Crippen LogP contribution is -2.07. The summed E-state index contributed by atoms with van der Waals surface area (Å²) in [6.45, 7) is 5.81. The Kier molecular flexibility index (Phi) is 3.68. The SMILES string of the molecule is C/C=C/c1cccc2c(=O)c(C)c(-c3cccc(C)c3)oc12. The van der Waals surface area contributed by atoms with Crippen LogP contribution in [-0.4, -0.2) is 0 Å². The molecule has 3 aromatic rings. The quantitative estimate of drug-likeness (QED) is 0.656. The summed E-state index contributed by atoms with van der Waals surface area (Å²) in [5.74, 6) is 0.651. The third-order valence-corrected chi connectivity index (χ3v) is 3.80. The smallest absolute Gasteiger partial charge is 0.196 e. The Bertz CT molecular complexity index is 930. The van der Waals surface area contributed by atoms with Gasteiger partial charge in [0.15, 0.2) is 5.43 Å². The van der Waals surface area contributed by atoms with Gasteiger partial charge >= 0.3 is 0 Å². The van der Waals surface area contributed by atoms with Gasteiger partial charge in [-0.05, 0) is 32.9 Å². The van der Waals surface area contributed by atoms with E-state index in [9.17, 15) is 4.79 Å². The highest BCUT2D eigenvalue weighted by Crippen LogP contribution is 2.28. The first-order valence-corrected chi connectivity index (χ1v) is 7.38. The van der Waals surface area contributed by atoms with Gasteiger partial charge in [-0.2, -0.15) is 0 Å². The van der Waals surface area contributed by atoms with E-state index < -0.39 is 0 Å². The summed E-state index contributed by atoms with van der Waals surface area (Å²) >= 11 is 0. The number of allylic oxidation sites excluding steroid dienone is 1. The van der Waals surface area contributed by atoms with Crippen molar-refractivity contribution in [1.29, 1.82) is 0 Å². The van der Waals surface area contributed by atoms with Gasteiger partial charge in [0.1, 0.15) is 11.3 Å². The molecule has 0 spiro atoms. The minimum atomic E-state index is 0.0316. The third-order valence-electron chi connectivity index (χ3n) is 3.80. The Morgan fingerprint density at radius 1 is 1.05 bits per heavy atom. The van der Waals surface area contributed by atoms with Gasteiger partial charge in [-0.3, -0.25) is 4.79 Å². The summed E-state index contributed by atoms with van der Waals surface area (Å²) in [4.78, 5) is 12.7. The van der Waals surface area contributed by atoms with Crippen LogP contribution in [0, 0.1) is 13.8 Å². The molecule has 3 rings (SSSR count). The normalized spacial score (nSPS) is 11.4. The molecule has 0 aliphatic rings. The zero-order valence-corrected chi connectivity index (χ0v) is 13.0. The molecule has 0 saturated carbocycles. The molecule has 110 valence electrons. The van der Waals surface area contributed by atoms with E-state index in [0.717, 1.165) is 16.7 Å². The number of hydrogen-bond donors (Lipinski definition) is 0. The third kappa shape index (κ3) is 2.37. The summed E-state index contributed by atoms with van der Waals surface area (Å²) in [5, 5.41) is 0.629. The minimum absolute atomic E-state index is 0.0316. The molecule has 0 N–H and O–H groups in total. The fourth-order valence-corrected chi connectivity index (χ4v) is 2.70. The zero-order valence-electron chi connectivity index (χ0n) is 13.0. The molecule has 0 bridgehead atoms. The van der Waals surface area contributed by atoms with Crippen molar-refractivity contribution < 1.29 is 4.42 Å². The van der Waals surface area contributed by atoms with Crippen molar-refractivity contribution in [3.63, 3.8) is 0 Å². The lowest BCUT2D eigenvalue weighted by atomic mass is 10.0. The van der Waals surface area contributed by atoms with Crippen LogP contribution in [0.5, 0.6) is 0 Å². The van der Waals surface area contributed by atoms with E-state index >= 15 is 0 Å². The molecule has 1 heterocycles. The van der Waals surface area contributed by atoms with Gasteiger partial charge in [0.05, 0.1) is 5.39 Å². The van der Waals surface area contributed by atoms with Crippen LogP contribution in [0.1, 0.15) is 23.6 Å². The van der Waals surface area contributed by atoms with Crippen molar-refractivity contribution in [3.05, 3.63) is 75.5 Å². The molecule has 0 unspecified atom stereocenters. The number of benzene rings is 2. The average molecular weight is 290 g/mol. The first kappa shape index (κ1) is 14.3. The van der Waals surface area contributed by atoms with Crippen molar-refractivity contribution in [2.45, 2.75) is 20.8 Å². The van der Waals surface area contributed by atoms with E-state index in [1.807, 2.05) is 75.4 Å². The molecule has 1 aromatic heterocycles. The van der Waals surface area contributed by atoms with Gasteiger partial charge < -0.3 is 4.42 Å². The van der Waals surface area contributed by atoms with Crippen LogP contribution in [0.3, 0.4) is 0 Å². The largest absolute Gasteiger partial charge is 0.455 e. The van der Waals surface area contributed by atoms with E-state index in [1.165, 1.54) is 0 Å². The fraction of sp³-hybridized carbons (Fsp3) is 0.150. The molecule has 22 heavy (non-hydrogen) atoms. The van der Waals surface area contributed by atoms with Crippen LogP contribution in [-0.2, 0) is 0 Å². The molecule has 2 heteroatoms. The first-order chi connectivity index (χ1) is 10.6. The Hall–Kier alpha value is -2.61. The lowest BCUT2D eigenvalue weighted by molar-refractivity contribution is 0.613. The summed E-state index contributed by atoms with van der Waals surface area (Å²) in [5.41, 5.74) is 4.33. The average Bonchev–Trinajstić information content (AvgIpc) is 2.51. The maximum atomic E-state index is 12.7. The van der Waals surface area contributed by atoms with Gasteiger partial charge in [0, 0.05) is 16.7 Å². The van der Waals surface area contributed by atoms with Gasteiger partial charge in [-0.15, -0.1) is 0 Å². The molecule has 0 fully saturated rings. The molecule has 0 aliphatic carbocycles. The number of fused-ring (bicyclic) bond motifs is 1. The molecule has 2 aromatic carbocycles. The minimum Gasteiger partial charge on any atom is -0.455 e. The summed E-state index contributed by atoms with van der Waals surface area (Å²) in [6.07, 6.45) is 3.90. The molecule has 0 radical (unpaired) electrons. The molecular formula is C20H18O2. The summed E-state index contributed by atoms with van der Waals surface area (Å²) in [6, 6.07) is 13.7. The molecule has 2 nitrogen and oxygen atoms in total. The number of aryl methyl sites for hydroxylation is 1. The predicted octanol–water partition coefficient (Wildman–Crippen LogP) is 5.11. The van der Waals surface area contributed by atoms with Gasteiger partial charge in [0.25, 0.3) is 0 Å². The number of rotatable bonds is 2. The van der Waals surface area contributed by atoms with Crippen LogP contribution in [0.4, 0.5) is 0 Å². The van der Waals surface area contributed by atoms with Crippen molar-refractivity contribution in [1.82, 2.24) is 0 Å². The molecule has 0 aliphatic heterocycles. The van der Waals surface area contributed by atoms with Crippen molar-refractivity contribution >= 4 is 17.0 Å². The van der Waals surface area contributed by atoms with Crippen molar-refractivity contribution in [2.75, 3.05) is 0 Å². The molecule has 0 atom stereocenters. The van der Waals surface area contributed by atoms with E-state index in [1.54, 1.807) is 0 Å². The van der Waals surface area contributed by atoms with Crippen LogP contribution >= 0.6 is 0 Å². The van der Waals surface area contributed by atoms with E-state index in [2.05, 4.69) is 0 Å². The Morgan fingerprint density at radius 3 is 2.55 bits per heavy atom. The van der Waals surface area contributed by atoms with Gasteiger partial charge in [-0.25, -0.2) is 0 Å². The highest BCUT2D eigenvalue weighted by Gasteiger charge is 2.14. The second-order valence-electron chi connectivity index (χ2n) is 5.48. The Balaban J connectivity index is 2.39. The topological polar surface area (TPSA) is 30.2 Å². The standard InChI is InChI=1S/C20H18O2/c1-4-7-15-9-6-11-17-18(21)14(3)19(22-20(15)17)16-10-5-8-13(2)12-16/h4-12H,1-3H3/b7-4+. The van der Waals surface area contributed by atoms with E-state index in [0.29, 0.717) is 22.3 Å². The van der Waals surface area contributed by atoms with Gasteiger partial charge in [0.2, 0.25) is 0 Å². The Labute approximate surface area is 129 Å². The molecule has 0 saturated heterocycles. The predicted molar refractivity (Wildman–Crippen MR) is 92.1 cm³/mol. The highest BCUT2D eigenvalue weighted by molar-refractivity contribution is 5.87. The molecule has 0 amide bonds.